The zero-order chi connectivity index (χ0) is 14.2. The van der Waals surface area contributed by atoms with Crippen LogP contribution in [0.2, 0.25) is 0 Å². The third kappa shape index (κ3) is 2.45. The van der Waals surface area contributed by atoms with E-state index in [2.05, 4.69) is 9.97 Å². The smallest absolute Gasteiger partial charge is 0.252 e. The van der Waals surface area contributed by atoms with Gasteiger partial charge >= 0.3 is 0 Å². The van der Waals surface area contributed by atoms with Crippen LogP contribution in [-0.2, 0) is 0 Å². The summed E-state index contributed by atoms with van der Waals surface area (Å²) in [5.41, 5.74) is 0.670. The molecule has 0 aliphatic heterocycles. The highest BCUT2D eigenvalue weighted by Crippen LogP contribution is 2.25. The SMILES string of the molecule is CSc1nc(N(C)C)c2ccc(=O)n(C(C)C)c2n1. The van der Waals surface area contributed by atoms with Gasteiger partial charge in [-0.05, 0) is 26.2 Å². The lowest BCUT2D eigenvalue weighted by Crippen LogP contribution is -2.23. The molecule has 0 saturated heterocycles. The molecule has 5 nitrogen and oxygen atoms in total. The molecule has 2 aromatic rings. The molecule has 0 bridgehead atoms. The Morgan fingerprint density at radius 1 is 1.26 bits per heavy atom. The molecule has 6 heteroatoms. The summed E-state index contributed by atoms with van der Waals surface area (Å²) in [4.78, 5) is 23.0. The van der Waals surface area contributed by atoms with Gasteiger partial charge in [0.05, 0.1) is 5.39 Å². The van der Waals surface area contributed by atoms with Crippen molar-refractivity contribution < 1.29 is 0 Å². The van der Waals surface area contributed by atoms with Crippen molar-refractivity contribution in [1.29, 1.82) is 0 Å². The Bertz CT molecular complexity index is 663. The van der Waals surface area contributed by atoms with E-state index in [9.17, 15) is 4.79 Å². The first-order valence-corrected chi connectivity index (χ1v) is 7.32. The van der Waals surface area contributed by atoms with Gasteiger partial charge in [-0.15, -0.1) is 0 Å². The van der Waals surface area contributed by atoms with Gasteiger partial charge in [-0.25, -0.2) is 9.97 Å². The van der Waals surface area contributed by atoms with E-state index < -0.39 is 0 Å². The topological polar surface area (TPSA) is 51.0 Å². The van der Waals surface area contributed by atoms with Crippen LogP contribution in [0, 0.1) is 0 Å². The summed E-state index contributed by atoms with van der Waals surface area (Å²) in [6, 6.07) is 3.45. The summed E-state index contributed by atoms with van der Waals surface area (Å²) in [7, 11) is 3.88. The fraction of sp³-hybridized carbons (Fsp3) is 0.462. The highest BCUT2D eigenvalue weighted by Gasteiger charge is 2.14. The van der Waals surface area contributed by atoms with Gasteiger partial charge in [-0.2, -0.15) is 0 Å². The van der Waals surface area contributed by atoms with Crippen LogP contribution in [0.3, 0.4) is 0 Å². The Labute approximate surface area is 116 Å². The molecule has 19 heavy (non-hydrogen) atoms. The zero-order valence-electron chi connectivity index (χ0n) is 11.8. The highest BCUT2D eigenvalue weighted by molar-refractivity contribution is 7.98. The first kappa shape index (κ1) is 13.9. The Morgan fingerprint density at radius 3 is 2.47 bits per heavy atom. The van der Waals surface area contributed by atoms with Crippen molar-refractivity contribution in [3.8, 4) is 0 Å². The van der Waals surface area contributed by atoms with Crippen molar-refractivity contribution in [2.45, 2.75) is 25.0 Å². The summed E-state index contributed by atoms with van der Waals surface area (Å²) >= 11 is 1.48. The number of hydrogen-bond donors (Lipinski definition) is 0. The van der Waals surface area contributed by atoms with Gasteiger partial charge in [-0.1, -0.05) is 11.8 Å². The van der Waals surface area contributed by atoms with Gasteiger partial charge in [0.15, 0.2) is 5.16 Å². The first-order valence-electron chi connectivity index (χ1n) is 6.10. The Kier molecular flexibility index (Phi) is 3.80. The van der Waals surface area contributed by atoms with Crippen molar-refractivity contribution in [1.82, 2.24) is 14.5 Å². The third-order valence-corrected chi connectivity index (χ3v) is 3.41. The van der Waals surface area contributed by atoms with Crippen molar-refractivity contribution in [2.75, 3.05) is 25.3 Å². The van der Waals surface area contributed by atoms with Gasteiger partial charge in [0.2, 0.25) is 0 Å². The Morgan fingerprint density at radius 2 is 1.95 bits per heavy atom. The van der Waals surface area contributed by atoms with Crippen molar-refractivity contribution in [3.05, 3.63) is 22.5 Å². The maximum Gasteiger partial charge on any atom is 0.252 e. The van der Waals surface area contributed by atoms with Gasteiger partial charge in [0, 0.05) is 26.2 Å². The van der Waals surface area contributed by atoms with Crippen LogP contribution in [0.25, 0.3) is 11.0 Å². The standard InChI is InChI=1S/C13H18N4OS/c1-8(2)17-10(18)7-6-9-11(16(3)4)14-13(19-5)15-12(9)17/h6-8H,1-5H3. The van der Waals surface area contributed by atoms with E-state index in [1.165, 1.54) is 11.8 Å². The van der Waals surface area contributed by atoms with Crippen LogP contribution in [-0.4, -0.2) is 34.9 Å². The van der Waals surface area contributed by atoms with Crippen LogP contribution in [0.5, 0.6) is 0 Å². The lowest BCUT2D eigenvalue weighted by atomic mass is 10.2. The number of rotatable bonds is 3. The Hall–Kier alpha value is -1.56. The molecule has 2 heterocycles. The van der Waals surface area contributed by atoms with Crippen LogP contribution in [0.1, 0.15) is 19.9 Å². The second-order valence-electron chi connectivity index (χ2n) is 4.80. The second kappa shape index (κ2) is 5.21. The molecule has 0 N–H and O–H groups in total. The molecule has 0 radical (unpaired) electrons. The molecule has 0 aliphatic rings. The fourth-order valence-electron chi connectivity index (χ4n) is 2.03. The van der Waals surface area contributed by atoms with E-state index in [0.717, 1.165) is 11.2 Å². The van der Waals surface area contributed by atoms with Crippen LogP contribution < -0.4 is 10.5 Å². The molecule has 0 amide bonds. The zero-order valence-corrected chi connectivity index (χ0v) is 12.7. The lowest BCUT2D eigenvalue weighted by molar-refractivity contribution is 0.592. The normalized spacial score (nSPS) is 11.3. The summed E-state index contributed by atoms with van der Waals surface area (Å²) in [5, 5.41) is 1.58. The molecule has 0 aromatic carbocycles. The van der Waals surface area contributed by atoms with Crippen LogP contribution >= 0.6 is 11.8 Å². The summed E-state index contributed by atoms with van der Waals surface area (Å²) < 4.78 is 1.71. The van der Waals surface area contributed by atoms with E-state index in [-0.39, 0.29) is 11.6 Å². The quantitative estimate of drug-likeness (QED) is 0.636. The number of thioether (sulfide) groups is 1. The molecule has 0 aliphatic carbocycles. The molecule has 0 fully saturated rings. The number of aromatic nitrogens is 3. The fourth-order valence-corrected chi connectivity index (χ4v) is 2.39. The van der Waals surface area contributed by atoms with E-state index in [0.29, 0.717) is 10.8 Å². The second-order valence-corrected chi connectivity index (χ2v) is 5.57. The van der Waals surface area contributed by atoms with Crippen molar-refractivity contribution in [2.24, 2.45) is 0 Å². The van der Waals surface area contributed by atoms with E-state index >= 15 is 0 Å². The molecule has 0 unspecified atom stereocenters. The molecule has 0 atom stereocenters. The largest absolute Gasteiger partial charge is 0.362 e. The molecular formula is C13H18N4OS. The Balaban J connectivity index is 2.93. The first-order chi connectivity index (χ1) is 8.95. The van der Waals surface area contributed by atoms with Crippen LogP contribution in [0.4, 0.5) is 5.82 Å². The molecule has 102 valence electrons. The highest BCUT2D eigenvalue weighted by atomic mass is 32.2. The number of fused-ring (bicyclic) bond motifs is 1. The van der Waals surface area contributed by atoms with E-state index in [4.69, 9.17) is 0 Å². The minimum atomic E-state index is -0.0297. The predicted octanol–water partition coefficient (Wildman–Crippen LogP) is 2.16. The van der Waals surface area contributed by atoms with Gasteiger partial charge in [0.25, 0.3) is 5.56 Å². The number of hydrogen-bond acceptors (Lipinski definition) is 5. The lowest BCUT2D eigenvalue weighted by Gasteiger charge is -2.18. The third-order valence-electron chi connectivity index (χ3n) is 2.87. The molecular weight excluding hydrogens is 260 g/mol. The molecule has 2 aromatic heterocycles. The predicted molar refractivity (Wildman–Crippen MR) is 80.3 cm³/mol. The van der Waals surface area contributed by atoms with Gasteiger partial charge in [0.1, 0.15) is 11.5 Å². The summed E-state index contributed by atoms with van der Waals surface area (Å²) in [6.07, 6.45) is 1.93. The minimum absolute atomic E-state index is 0.0297. The average molecular weight is 278 g/mol. The summed E-state index contributed by atoms with van der Waals surface area (Å²) in [5.74, 6) is 0.837. The monoisotopic (exact) mass is 278 g/mol. The number of anilines is 1. The van der Waals surface area contributed by atoms with Gasteiger partial charge in [-0.3, -0.25) is 9.36 Å². The van der Waals surface area contributed by atoms with Crippen LogP contribution in [0.15, 0.2) is 22.1 Å². The maximum absolute atomic E-state index is 12.0. The average Bonchev–Trinajstić information content (AvgIpc) is 2.36. The minimum Gasteiger partial charge on any atom is -0.362 e. The maximum atomic E-state index is 12.0. The molecule has 0 saturated carbocycles. The molecule has 0 spiro atoms. The number of pyridine rings is 1. The summed E-state index contributed by atoms with van der Waals surface area (Å²) in [6.45, 7) is 3.97. The van der Waals surface area contributed by atoms with E-state index in [1.54, 1.807) is 16.7 Å². The van der Waals surface area contributed by atoms with Gasteiger partial charge < -0.3 is 4.90 Å². The van der Waals surface area contributed by atoms with Crippen molar-refractivity contribution >= 4 is 28.6 Å². The molecule has 2 rings (SSSR count). The van der Waals surface area contributed by atoms with E-state index in [1.807, 2.05) is 39.1 Å². The number of nitrogens with zero attached hydrogens (tertiary/aromatic N) is 4. The van der Waals surface area contributed by atoms with Crippen molar-refractivity contribution in [3.63, 3.8) is 0 Å².